The number of ether oxygens (including phenoxy) is 3. The first-order valence-electron chi connectivity index (χ1n) is 11.6. The highest BCUT2D eigenvalue weighted by Crippen LogP contribution is 2.50. The number of carbonyl (C=O) groups excluding carboxylic acids is 1. The van der Waals surface area contributed by atoms with Gasteiger partial charge < -0.3 is 19.1 Å². The Bertz CT molecular complexity index is 489. The largest absolute Gasteiger partial charge is 0.381 e. The van der Waals surface area contributed by atoms with Crippen LogP contribution in [0.5, 0.6) is 0 Å². The van der Waals surface area contributed by atoms with E-state index in [0.717, 1.165) is 30.6 Å². The van der Waals surface area contributed by atoms with Gasteiger partial charge in [0.15, 0.2) is 0 Å². The maximum atomic E-state index is 12.1. The van der Waals surface area contributed by atoms with E-state index in [4.69, 9.17) is 14.2 Å². The summed E-state index contributed by atoms with van der Waals surface area (Å²) in [6, 6.07) is 0. The zero-order valence-electron chi connectivity index (χ0n) is 19.9. The highest BCUT2D eigenvalue weighted by atomic mass is 16.5. The molecule has 0 spiro atoms. The molecule has 0 aromatic heterocycles. The molecule has 29 heavy (non-hydrogen) atoms. The van der Waals surface area contributed by atoms with Crippen molar-refractivity contribution in [3.8, 4) is 0 Å². The maximum absolute atomic E-state index is 12.1. The van der Waals surface area contributed by atoms with E-state index in [9.17, 15) is 4.79 Å². The lowest BCUT2D eigenvalue weighted by atomic mass is 9.58. The monoisotopic (exact) mass is 411 g/mol. The number of nitrogens with zero attached hydrogens (tertiary/aromatic N) is 1. The van der Waals surface area contributed by atoms with Crippen molar-refractivity contribution in [1.29, 1.82) is 0 Å². The molecule has 0 saturated heterocycles. The number of fused-ring (bicyclic) bond motifs is 1. The Balaban J connectivity index is 1.97. The lowest BCUT2D eigenvalue weighted by Gasteiger charge is -2.50. The second kappa shape index (κ2) is 11.7. The lowest BCUT2D eigenvalue weighted by molar-refractivity contribution is -0.131. The molecule has 170 valence electrons. The van der Waals surface area contributed by atoms with E-state index in [-0.39, 0.29) is 18.1 Å². The van der Waals surface area contributed by atoms with Gasteiger partial charge in [0.05, 0.1) is 24.7 Å². The van der Waals surface area contributed by atoms with Crippen molar-refractivity contribution in [3.05, 3.63) is 0 Å². The van der Waals surface area contributed by atoms with Crippen LogP contribution in [0.15, 0.2) is 0 Å². The normalized spacial score (nSPS) is 34.3. The Hall–Kier alpha value is -0.650. The fraction of sp³-hybridized carbons (Fsp3) is 0.958. The minimum absolute atomic E-state index is 0.0892. The van der Waals surface area contributed by atoms with Crippen molar-refractivity contribution in [1.82, 2.24) is 4.90 Å². The van der Waals surface area contributed by atoms with Gasteiger partial charge in [-0.25, -0.2) is 0 Å². The summed E-state index contributed by atoms with van der Waals surface area (Å²) in [6.07, 6.45) is 9.09. The molecule has 8 atom stereocenters. The van der Waals surface area contributed by atoms with Crippen LogP contribution >= 0.6 is 0 Å². The predicted octanol–water partition coefficient (Wildman–Crippen LogP) is 4.39. The van der Waals surface area contributed by atoms with Crippen LogP contribution < -0.4 is 0 Å². The Labute approximate surface area is 178 Å². The smallest absolute Gasteiger partial charge is 0.224 e. The molecule has 1 amide bonds. The molecule has 0 bridgehead atoms. The summed E-state index contributed by atoms with van der Waals surface area (Å²) < 4.78 is 17.4. The summed E-state index contributed by atoms with van der Waals surface area (Å²) in [6.45, 7) is 4.82. The number of hydrogen-bond donors (Lipinski definition) is 0. The molecule has 2 aliphatic rings. The number of rotatable bonds is 10. The quantitative estimate of drug-likeness (QED) is 0.535. The van der Waals surface area contributed by atoms with Crippen LogP contribution in [-0.2, 0) is 19.0 Å². The van der Waals surface area contributed by atoms with Crippen molar-refractivity contribution in [2.75, 3.05) is 35.4 Å². The van der Waals surface area contributed by atoms with Crippen LogP contribution in [-0.4, -0.2) is 64.5 Å². The Morgan fingerprint density at radius 3 is 2.31 bits per heavy atom. The summed E-state index contributed by atoms with van der Waals surface area (Å²) in [5.41, 5.74) is 0. The van der Waals surface area contributed by atoms with Crippen molar-refractivity contribution in [3.63, 3.8) is 0 Å². The van der Waals surface area contributed by atoms with Gasteiger partial charge in [0.1, 0.15) is 0 Å². The van der Waals surface area contributed by atoms with Gasteiger partial charge in [-0.2, -0.15) is 0 Å². The van der Waals surface area contributed by atoms with E-state index in [2.05, 4.69) is 13.8 Å². The summed E-state index contributed by atoms with van der Waals surface area (Å²) in [4.78, 5) is 13.7. The minimum Gasteiger partial charge on any atom is -0.381 e. The van der Waals surface area contributed by atoms with Crippen LogP contribution in [0.2, 0.25) is 0 Å². The molecule has 5 heteroatoms. The second-order valence-electron chi connectivity index (χ2n) is 9.93. The Morgan fingerprint density at radius 2 is 1.72 bits per heavy atom. The van der Waals surface area contributed by atoms with E-state index in [1.54, 1.807) is 33.2 Å². The SMILES string of the molecule is COC(CC[C@@H]1C2C(CC[C@@H]1C)C[C@H](C)C[C@@H]2OC)CC(CC(=O)N(C)C)OC. The molecule has 5 nitrogen and oxygen atoms in total. The van der Waals surface area contributed by atoms with E-state index >= 15 is 0 Å². The molecule has 0 heterocycles. The first kappa shape index (κ1) is 24.6. The number of amides is 1. The highest BCUT2D eigenvalue weighted by molar-refractivity contribution is 5.76. The zero-order valence-corrected chi connectivity index (χ0v) is 19.9. The van der Waals surface area contributed by atoms with Crippen molar-refractivity contribution < 1.29 is 19.0 Å². The highest BCUT2D eigenvalue weighted by Gasteiger charge is 2.45. The van der Waals surface area contributed by atoms with Gasteiger partial charge in [-0.1, -0.05) is 20.3 Å². The third-order valence-electron chi connectivity index (χ3n) is 7.75. The van der Waals surface area contributed by atoms with Gasteiger partial charge in [0.25, 0.3) is 0 Å². The Kier molecular flexibility index (Phi) is 9.90. The molecule has 0 aliphatic heterocycles. The molecule has 4 unspecified atom stereocenters. The van der Waals surface area contributed by atoms with Crippen molar-refractivity contribution in [2.24, 2.45) is 29.6 Å². The van der Waals surface area contributed by atoms with E-state index < -0.39 is 0 Å². The molecule has 2 saturated carbocycles. The van der Waals surface area contributed by atoms with Gasteiger partial charge in [0.2, 0.25) is 5.91 Å². The van der Waals surface area contributed by atoms with Gasteiger partial charge in [0, 0.05) is 41.8 Å². The standard InChI is InChI=1S/C24H45NO4/c1-16-12-18-9-8-17(2)21(24(18)22(13-16)29-7)11-10-19(27-5)14-20(28-6)15-23(26)25(3)4/h16-22,24H,8-15H2,1-7H3/t16-,17-,18?,19?,20?,21-,22-,24?/m0/s1. The average Bonchev–Trinajstić information content (AvgIpc) is 2.70. The van der Waals surface area contributed by atoms with Crippen LogP contribution in [0.1, 0.15) is 65.2 Å². The lowest BCUT2D eigenvalue weighted by Crippen LogP contribution is -2.46. The number of methoxy groups -OCH3 is 3. The first-order chi connectivity index (χ1) is 13.8. The van der Waals surface area contributed by atoms with E-state index in [0.29, 0.717) is 24.4 Å². The Morgan fingerprint density at radius 1 is 1.03 bits per heavy atom. The van der Waals surface area contributed by atoms with E-state index in [1.165, 1.54) is 32.1 Å². The van der Waals surface area contributed by atoms with Crippen LogP contribution in [0, 0.1) is 29.6 Å². The molecule has 2 fully saturated rings. The molecule has 0 aromatic rings. The summed E-state index contributed by atoms with van der Waals surface area (Å²) in [5, 5.41) is 0. The van der Waals surface area contributed by atoms with Crippen LogP contribution in [0.3, 0.4) is 0 Å². The van der Waals surface area contributed by atoms with Gasteiger partial charge >= 0.3 is 0 Å². The van der Waals surface area contributed by atoms with Gasteiger partial charge in [-0.15, -0.1) is 0 Å². The number of carbonyl (C=O) groups is 1. The molecule has 0 aromatic carbocycles. The molecule has 0 N–H and O–H groups in total. The van der Waals surface area contributed by atoms with Gasteiger partial charge in [-0.05, 0) is 61.7 Å². The predicted molar refractivity (Wildman–Crippen MR) is 117 cm³/mol. The number of hydrogen-bond acceptors (Lipinski definition) is 4. The molecule has 2 aliphatic carbocycles. The van der Waals surface area contributed by atoms with Crippen LogP contribution in [0.4, 0.5) is 0 Å². The molecular formula is C24H45NO4. The third-order valence-corrected chi connectivity index (χ3v) is 7.75. The third kappa shape index (κ3) is 6.67. The minimum atomic E-state index is -0.0892. The topological polar surface area (TPSA) is 48.0 Å². The fourth-order valence-corrected chi connectivity index (χ4v) is 6.01. The molecule has 2 rings (SSSR count). The fourth-order valence-electron chi connectivity index (χ4n) is 6.01. The van der Waals surface area contributed by atoms with Crippen molar-refractivity contribution >= 4 is 5.91 Å². The van der Waals surface area contributed by atoms with Gasteiger partial charge in [-0.3, -0.25) is 4.79 Å². The summed E-state index contributed by atoms with van der Waals surface area (Å²) in [7, 11) is 8.97. The summed E-state index contributed by atoms with van der Waals surface area (Å²) >= 11 is 0. The van der Waals surface area contributed by atoms with Crippen molar-refractivity contribution in [2.45, 2.75) is 83.5 Å². The maximum Gasteiger partial charge on any atom is 0.224 e. The zero-order chi connectivity index (χ0) is 21.6. The van der Waals surface area contributed by atoms with Crippen LogP contribution in [0.25, 0.3) is 0 Å². The molecular weight excluding hydrogens is 366 g/mol. The molecule has 0 radical (unpaired) electrons. The average molecular weight is 412 g/mol. The van der Waals surface area contributed by atoms with E-state index in [1.807, 2.05) is 7.11 Å². The first-order valence-corrected chi connectivity index (χ1v) is 11.6. The second-order valence-corrected chi connectivity index (χ2v) is 9.93. The summed E-state index contributed by atoms with van der Waals surface area (Å²) in [5.74, 6) is 3.83.